The zero-order valence-electron chi connectivity index (χ0n) is 3.70. The Kier molecular flexibility index (Phi) is 2.54. The van der Waals surface area contributed by atoms with Crippen molar-refractivity contribution in [3.8, 4) is 0 Å². The smallest absolute Gasteiger partial charge is 0.188 e. The molecule has 0 spiro atoms. The van der Waals surface area contributed by atoms with Crippen LogP contribution in [-0.2, 0) is 0 Å². The van der Waals surface area contributed by atoms with Gasteiger partial charge < -0.3 is 17.2 Å². The van der Waals surface area contributed by atoms with E-state index in [4.69, 9.17) is 17.2 Å². The molecule has 0 heterocycles. The van der Waals surface area contributed by atoms with Crippen LogP contribution in [-0.4, -0.2) is 11.5 Å². The third kappa shape index (κ3) is 5.58. The zero-order chi connectivity index (χ0) is 5.86. The lowest BCUT2D eigenvalue weighted by Gasteiger charge is -1.93. The SMILES string of the molecule is NC(N)=NC(N)S. The molecule has 0 aliphatic heterocycles. The molecule has 0 aliphatic carbocycles. The van der Waals surface area contributed by atoms with E-state index in [9.17, 15) is 0 Å². The molecule has 0 saturated carbocycles. The van der Waals surface area contributed by atoms with Crippen molar-refractivity contribution >= 4 is 18.6 Å². The summed E-state index contributed by atoms with van der Waals surface area (Å²) in [6, 6.07) is 0. The fourth-order valence-corrected chi connectivity index (χ4v) is 0.286. The van der Waals surface area contributed by atoms with Crippen molar-refractivity contribution in [2.24, 2.45) is 22.2 Å². The Morgan fingerprint density at radius 1 is 1.57 bits per heavy atom. The summed E-state index contributed by atoms with van der Waals surface area (Å²) in [4.78, 5) is 3.39. The molecule has 5 heteroatoms. The van der Waals surface area contributed by atoms with Crippen molar-refractivity contribution in [1.29, 1.82) is 0 Å². The molecule has 6 N–H and O–H groups in total. The van der Waals surface area contributed by atoms with E-state index in [0.29, 0.717) is 0 Å². The van der Waals surface area contributed by atoms with Crippen molar-refractivity contribution in [2.75, 3.05) is 0 Å². The summed E-state index contributed by atoms with van der Waals surface area (Å²) in [5, 5.41) is 0. The van der Waals surface area contributed by atoms with Crippen molar-refractivity contribution in [3.63, 3.8) is 0 Å². The monoisotopic (exact) mass is 120 g/mol. The van der Waals surface area contributed by atoms with Crippen LogP contribution in [0.3, 0.4) is 0 Å². The molecule has 0 radical (unpaired) electrons. The summed E-state index contributed by atoms with van der Waals surface area (Å²) in [7, 11) is 0. The van der Waals surface area contributed by atoms with Gasteiger partial charge >= 0.3 is 0 Å². The first-order chi connectivity index (χ1) is 3.13. The number of thiol groups is 1. The molecular weight excluding hydrogens is 112 g/mol. The van der Waals surface area contributed by atoms with E-state index in [-0.39, 0.29) is 5.96 Å². The molecule has 0 amide bonds. The summed E-state index contributed by atoms with van der Waals surface area (Å²) < 4.78 is 0. The fourth-order valence-electron chi connectivity index (χ4n) is 0.153. The Morgan fingerprint density at radius 3 is 2.00 bits per heavy atom. The van der Waals surface area contributed by atoms with Gasteiger partial charge in [-0.05, 0) is 0 Å². The van der Waals surface area contributed by atoms with Gasteiger partial charge in [-0.15, -0.1) is 12.6 Å². The van der Waals surface area contributed by atoms with Gasteiger partial charge in [0, 0.05) is 0 Å². The van der Waals surface area contributed by atoms with Gasteiger partial charge in [-0.3, -0.25) is 0 Å². The number of hydrogen-bond acceptors (Lipinski definition) is 3. The average Bonchev–Trinajstić information content (AvgIpc) is 1.27. The van der Waals surface area contributed by atoms with Crippen LogP contribution in [0, 0.1) is 0 Å². The average molecular weight is 120 g/mol. The minimum Gasteiger partial charge on any atom is -0.370 e. The Labute approximate surface area is 47.2 Å². The molecule has 42 valence electrons. The second-order valence-corrected chi connectivity index (χ2v) is 1.50. The summed E-state index contributed by atoms with van der Waals surface area (Å²) in [5.74, 6) is -0.0394. The third-order valence-electron chi connectivity index (χ3n) is 0.281. The molecule has 0 aromatic rings. The molecule has 0 bridgehead atoms. The molecule has 0 aromatic carbocycles. The van der Waals surface area contributed by atoms with Crippen LogP contribution in [0.1, 0.15) is 0 Å². The predicted octanol–water partition coefficient (Wildman–Crippen LogP) is -1.57. The lowest BCUT2D eigenvalue weighted by atomic mass is 11.0. The van der Waals surface area contributed by atoms with E-state index in [1.54, 1.807) is 0 Å². The van der Waals surface area contributed by atoms with Crippen molar-refractivity contribution < 1.29 is 0 Å². The van der Waals surface area contributed by atoms with E-state index in [0.717, 1.165) is 0 Å². The van der Waals surface area contributed by atoms with Crippen LogP contribution < -0.4 is 17.2 Å². The van der Waals surface area contributed by atoms with E-state index in [1.165, 1.54) is 0 Å². The molecule has 0 fully saturated rings. The summed E-state index contributed by atoms with van der Waals surface area (Å²) in [6.45, 7) is 0. The molecule has 7 heavy (non-hydrogen) atoms. The number of rotatable bonds is 1. The Bertz CT molecular complexity index is 73.8. The fraction of sp³-hybridized carbons (Fsp3) is 0.500. The predicted molar refractivity (Wildman–Crippen MR) is 32.8 cm³/mol. The van der Waals surface area contributed by atoms with Gasteiger partial charge in [0.1, 0.15) is 5.50 Å². The lowest BCUT2D eigenvalue weighted by Crippen LogP contribution is -2.26. The first-order valence-corrected chi connectivity index (χ1v) is 2.17. The Balaban J connectivity index is 3.45. The van der Waals surface area contributed by atoms with Gasteiger partial charge in [0.05, 0.1) is 0 Å². The van der Waals surface area contributed by atoms with Crippen molar-refractivity contribution in [1.82, 2.24) is 0 Å². The number of hydrogen-bond donors (Lipinski definition) is 4. The molecule has 1 unspecified atom stereocenters. The topological polar surface area (TPSA) is 90.4 Å². The van der Waals surface area contributed by atoms with Crippen LogP contribution in [0.2, 0.25) is 0 Å². The maximum absolute atomic E-state index is 5.01. The van der Waals surface area contributed by atoms with Gasteiger partial charge in [0.25, 0.3) is 0 Å². The largest absolute Gasteiger partial charge is 0.370 e. The highest BCUT2D eigenvalue weighted by Gasteiger charge is 1.84. The van der Waals surface area contributed by atoms with Crippen LogP contribution in [0.15, 0.2) is 4.99 Å². The van der Waals surface area contributed by atoms with Gasteiger partial charge in [0.15, 0.2) is 5.96 Å². The van der Waals surface area contributed by atoms with Crippen LogP contribution in [0.25, 0.3) is 0 Å². The second kappa shape index (κ2) is 2.70. The Morgan fingerprint density at radius 2 is 2.00 bits per heavy atom. The maximum Gasteiger partial charge on any atom is 0.188 e. The van der Waals surface area contributed by atoms with Gasteiger partial charge in [-0.25, -0.2) is 4.99 Å². The quantitative estimate of drug-likeness (QED) is 0.146. The number of nitrogens with zero attached hydrogens (tertiary/aromatic N) is 1. The van der Waals surface area contributed by atoms with Crippen LogP contribution >= 0.6 is 12.6 Å². The first kappa shape index (κ1) is 6.58. The van der Waals surface area contributed by atoms with Gasteiger partial charge in [-0.1, -0.05) is 0 Å². The van der Waals surface area contributed by atoms with Gasteiger partial charge in [-0.2, -0.15) is 0 Å². The number of guanidine groups is 1. The molecule has 1 atom stereocenters. The number of nitrogens with two attached hydrogens (primary N) is 3. The normalized spacial score (nSPS) is 12.9. The first-order valence-electron chi connectivity index (χ1n) is 1.65. The molecule has 0 saturated heterocycles. The minimum atomic E-state index is -0.593. The standard InChI is InChI=1S/C2H8N4S/c3-1(4)6-2(5)7/h2,7H,5H2,(H4,3,4,6). The molecule has 4 nitrogen and oxygen atoms in total. The van der Waals surface area contributed by atoms with Crippen LogP contribution in [0.4, 0.5) is 0 Å². The van der Waals surface area contributed by atoms with Gasteiger partial charge in [0.2, 0.25) is 0 Å². The second-order valence-electron chi connectivity index (χ2n) is 0.968. The maximum atomic E-state index is 5.01. The lowest BCUT2D eigenvalue weighted by molar-refractivity contribution is 0.988. The zero-order valence-corrected chi connectivity index (χ0v) is 4.60. The summed E-state index contributed by atoms with van der Waals surface area (Å²) >= 11 is 3.67. The minimum absolute atomic E-state index is 0.0394. The van der Waals surface area contributed by atoms with Crippen molar-refractivity contribution in [2.45, 2.75) is 5.50 Å². The highest BCUT2D eigenvalue weighted by molar-refractivity contribution is 7.80. The van der Waals surface area contributed by atoms with E-state index in [1.807, 2.05) is 0 Å². The highest BCUT2D eigenvalue weighted by Crippen LogP contribution is 1.81. The molecule has 0 aromatic heterocycles. The third-order valence-corrected chi connectivity index (χ3v) is 0.397. The van der Waals surface area contributed by atoms with E-state index >= 15 is 0 Å². The molecular formula is C2H8N4S. The molecule has 0 rings (SSSR count). The Hall–Kier alpha value is -0.420. The summed E-state index contributed by atoms with van der Waals surface area (Å²) in [6.07, 6.45) is 0. The van der Waals surface area contributed by atoms with Crippen LogP contribution in [0.5, 0.6) is 0 Å². The van der Waals surface area contributed by atoms with Crippen molar-refractivity contribution in [3.05, 3.63) is 0 Å². The highest BCUT2D eigenvalue weighted by atomic mass is 32.1. The van der Waals surface area contributed by atoms with E-state index < -0.39 is 5.50 Å². The van der Waals surface area contributed by atoms with E-state index in [2.05, 4.69) is 17.6 Å². The molecule has 0 aliphatic rings. The number of aliphatic imine (C=N–C) groups is 1. The summed E-state index contributed by atoms with van der Waals surface area (Å²) in [5.41, 5.74) is 14.2.